The molecule has 1 spiro atoms. The average molecular weight is 257 g/mol. The molecule has 0 N–H and O–H groups in total. The zero-order valence-electron chi connectivity index (χ0n) is 10.4. The van der Waals surface area contributed by atoms with Crippen molar-refractivity contribution >= 4 is 23.6 Å². The number of methoxy groups -OCH3 is 1. The van der Waals surface area contributed by atoms with Crippen LogP contribution in [-0.4, -0.2) is 41.1 Å². The maximum atomic E-state index is 11.9. The van der Waals surface area contributed by atoms with Crippen LogP contribution >= 0.6 is 11.8 Å². The van der Waals surface area contributed by atoms with Gasteiger partial charge >= 0.3 is 5.97 Å². The fraction of sp³-hybridized carbons (Fsp3) is 0.833. The molecule has 0 bridgehead atoms. The van der Waals surface area contributed by atoms with Gasteiger partial charge in [0.1, 0.15) is 6.54 Å². The molecule has 0 radical (unpaired) electrons. The molecule has 2 rings (SSSR count). The molecular formula is C12H19NO3S. The van der Waals surface area contributed by atoms with Crippen LogP contribution in [0.2, 0.25) is 0 Å². The molecule has 2 aliphatic rings. The highest BCUT2D eigenvalue weighted by Crippen LogP contribution is 2.48. The van der Waals surface area contributed by atoms with Crippen molar-refractivity contribution in [3.63, 3.8) is 0 Å². The summed E-state index contributed by atoms with van der Waals surface area (Å²) in [7, 11) is 1.37. The average Bonchev–Trinajstić information content (AvgIpc) is 2.58. The van der Waals surface area contributed by atoms with Gasteiger partial charge in [-0.2, -0.15) is 0 Å². The van der Waals surface area contributed by atoms with E-state index in [4.69, 9.17) is 0 Å². The molecule has 2 fully saturated rings. The second kappa shape index (κ2) is 4.88. The van der Waals surface area contributed by atoms with Gasteiger partial charge < -0.3 is 9.64 Å². The molecule has 17 heavy (non-hydrogen) atoms. The van der Waals surface area contributed by atoms with E-state index in [1.54, 1.807) is 16.7 Å². The third-order valence-corrected chi connectivity index (χ3v) is 5.22. The third kappa shape index (κ3) is 2.44. The molecule has 0 aromatic rings. The number of esters is 1. The summed E-state index contributed by atoms with van der Waals surface area (Å²) in [5, 5.41) is 0. The van der Waals surface area contributed by atoms with Crippen LogP contribution in [0, 0.1) is 5.92 Å². The van der Waals surface area contributed by atoms with E-state index in [1.807, 2.05) is 0 Å². The molecule has 96 valence electrons. The summed E-state index contributed by atoms with van der Waals surface area (Å²) in [6, 6.07) is 0. The number of amides is 1. The van der Waals surface area contributed by atoms with Crippen LogP contribution < -0.4 is 0 Å². The third-order valence-electron chi connectivity index (χ3n) is 3.70. The van der Waals surface area contributed by atoms with Gasteiger partial charge in [0.2, 0.25) is 5.91 Å². The fourth-order valence-corrected chi connectivity index (χ4v) is 4.42. The zero-order valence-corrected chi connectivity index (χ0v) is 11.2. The van der Waals surface area contributed by atoms with Crippen LogP contribution in [0.15, 0.2) is 0 Å². The predicted octanol–water partition coefficient (Wildman–Crippen LogP) is 1.64. The van der Waals surface area contributed by atoms with Crippen LogP contribution in [0.3, 0.4) is 0 Å². The summed E-state index contributed by atoms with van der Waals surface area (Å²) >= 11 is 1.71. The van der Waals surface area contributed by atoms with Crippen molar-refractivity contribution in [1.82, 2.24) is 4.90 Å². The van der Waals surface area contributed by atoms with Gasteiger partial charge in [-0.25, -0.2) is 0 Å². The summed E-state index contributed by atoms with van der Waals surface area (Å²) in [4.78, 5) is 24.9. The maximum absolute atomic E-state index is 11.9. The van der Waals surface area contributed by atoms with Gasteiger partial charge in [0.25, 0.3) is 0 Å². The van der Waals surface area contributed by atoms with Crippen LogP contribution in [0.25, 0.3) is 0 Å². The first-order valence-electron chi connectivity index (χ1n) is 6.08. The molecule has 0 aromatic carbocycles. The topological polar surface area (TPSA) is 46.6 Å². The van der Waals surface area contributed by atoms with Crippen molar-refractivity contribution in [3.05, 3.63) is 0 Å². The van der Waals surface area contributed by atoms with Crippen molar-refractivity contribution in [2.45, 2.75) is 37.5 Å². The molecule has 1 saturated heterocycles. The van der Waals surface area contributed by atoms with E-state index < -0.39 is 0 Å². The van der Waals surface area contributed by atoms with E-state index in [2.05, 4.69) is 11.7 Å². The van der Waals surface area contributed by atoms with E-state index >= 15 is 0 Å². The Kier molecular flexibility index (Phi) is 3.66. The van der Waals surface area contributed by atoms with Gasteiger partial charge in [-0.15, -0.1) is 11.8 Å². The van der Waals surface area contributed by atoms with E-state index in [9.17, 15) is 9.59 Å². The van der Waals surface area contributed by atoms with E-state index in [-0.39, 0.29) is 23.3 Å². The first-order valence-corrected chi connectivity index (χ1v) is 7.07. The highest BCUT2D eigenvalue weighted by atomic mass is 32.2. The number of hydrogen-bond donors (Lipinski definition) is 0. The zero-order chi connectivity index (χ0) is 12.5. The van der Waals surface area contributed by atoms with Crippen molar-refractivity contribution in [1.29, 1.82) is 0 Å². The molecule has 1 aliphatic heterocycles. The molecule has 4 nitrogen and oxygen atoms in total. The number of carbonyl (C=O) groups is 2. The van der Waals surface area contributed by atoms with Gasteiger partial charge in [0.15, 0.2) is 0 Å². The van der Waals surface area contributed by atoms with E-state index in [0.717, 1.165) is 19.3 Å². The van der Waals surface area contributed by atoms with Crippen molar-refractivity contribution < 1.29 is 14.3 Å². The Balaban J connectivity index is 2.14. The minimum Gasteiger partial charge on any atom is -0.468 e. The Bertz CT molecular complexity index is 334. The highest BCUT2D eigenvalue weighted by molar-refractivity contribution is 8.01. The molecule has 2 unspecified atom stereocenters. The lowest BCUT2D eigenvalue weighted by atomic mass is 9.85. The second-order valence-corrected chi connectivity index (χ2v) is 6.33. The second-order valence-electron chi connectivity index (χ2n) is 4.99. The highest BCUT2D eigenvalue weighted by Gasteiger charge is 2.48. The van der Waals surface area contributed by atoms with Crippen LogP contribution in [0.1, 0.15) is 32.6 Å². The summed E-state index contributed by atoms with van der Waals surface area (Å²) in [5.74, 6) is 0.888. The molecule has 1 saturated carbocycles. The lowest BCUT2D eigenvalue weighted by molar-refractivity contribution is -0.148. The van der Waals surface area contributed by atoms with Crippen LogP contribution in [0.4, 0.5) is 0 Å². The van der Waals surface area contributed by atoms with Gasteiger partial charge in [0, 0.05) is 0 Å². The number of carbonyl (C=O) groups excluding carboxylic acids is 2. The molecule has 1 aliphatic carbocycles. The molecule has 1 heterocycles. The maximum Gasteiger partial charge on any atom is 0.325 e. The van der Waals surface area contributed by atoms with E-state index in [1.165, 1.54) is 13.5 Å². The quantitative estimate of drug-likeness (QED) is 0.706. The molecule has 0 aromatic heterocycles. The summed E-state index contributed by atoms with van der Waals surface area (Å²) in [6.45, 7) is 2.33. The van der Waals surface area contributed by atoms with Gasteiger partial charge in [0.05, 0.1) is 17.7 Å². The Labute approximate surface area is 106 Å². The van der Waals surface area contributed by atoms with Crippen LogP contribution in [-0.2, 0) is 14.3 Å². The van der Waals surface area contributed by atoms with Gasteiger partial charge in [-0.3, -0.25) is 9.59 Å². The monoisotopic (exact) mass is 257 g/mol. The Morgan fingerprint density at radius 3 is 3.06 bits per heavy atom. The molecular weight excluding hydrogens is 238 g/mol. The van der Waals surface area contributed by atoms with Crippen molar-refractivity contribution in [2.24, 2.45) is 5.92 Å². The fourth-order valence-electron chi connectivity index (χ4n) is 2.86. The first-order chi connectivity index (χ1) is 8.07. The van der Waals surface area contributed by atoms with Crippen molar-refractivity contribution in [2.75, 3.05) is 19.4 Å². The van der Waals surface area contributed by atoms with Crippen molar-refractivity contribution in [3.8, 4) is 0 Å². The van der Waals surface area contributed by atoms with Gasteiger partial charge in [-0.1, -0.05) is 13.3 Å². The smallest absolute Gasteiger partial charge is 0.325 e. The normalized spacial score (nSPS) is 33.2. The minimum atomic E-state index is -0.321. The lowest BCUT2D eigenvalue weighted by Gasteiger charge is -2.42. The number of ether oxygens (including phenoxy) is 1. The Morgan fingerprint density at radius 1 is 1.65 bits per heavy atom. The minimum absolute atomic E-state index is 0.0782. The number of thioether (sulfide) groups is 1. The predicted molar refractivity (Wildman–Crippen MR) is 66.6 cm³/mol. The number of nitrogens with zero attached hydrogens (tertiary/aromatic N) is 1. The summed E-state index contributed by atoms with van der Waals surface area (Å²) in [6.07, 6.45) is 4.37. The first kappa shape index (κ1) is 12.7. The lowest BCUT2D eigenvalue weighted by Crippen LogP contribution is -2.49. The van der Waals surface area contributed by atoms with Crippen LogP contribution in [0.5, 0.6) is 0 Å². The van der Waals surface area contributed by atoms with Gasteiger partial charge in [-0.05, 0) is 25.2 Å². The SMILES string of the molecule is COC(=O)CN1C(=O)CSC12CCCC(C)C2. The molecule has 1 amide bonds. The standard InChI is InChI=1S/C12H19NO3S/c1-9-4-3-5-12(6-9)13(7-11(15)16-2)10(14)8-17-12/h9H,3-8H2,1-2H3. The summed E-state index contributed by atoms with van der Waals surface area (Å²) < 4.78 is 4.68. The largest absolute Gasteiger partial charge is 0.468 e. The van der Waals surface area contributed by atoms with E-state index in [0.29, 0.717) is 11.7 Å². The molecule has 2 atom stereocenters. The summed E-state index contributed by atoms with van der Waals surface area (Å²) in [5.41, 5.74) is 0. The molecule has 5 heteroatoms. The number of hydrogen-bond acceptors (Lipinski definition) is 4. The Hall–Kier alpha value is -0.710. The number of rotatable bonds is 2. The Morgan fingerprint density at radius 2 is 2.41 bits per heavy atom.